The molecule has 7 heteroatoms. The molecule has 0 atom stereocenters. The molecule has 2 rings (SSSR count). The highest BCUT2D eigenvalue weighted by Crippen LogP contribution is 2.12. The summed E-state index contributed by atoms with van der Waals surface area (Å²) in [6, 6.07) is 3.54. The van der Waals surface area contributed by atoms with Crippen LogP contribution in [-0.2, 0) is 0 Å². The molecule has 0 unspecified atom stereocenters. The fraction of sp³-hybridized carbons (Fsp3) is 0.273. The van der Waals surface area contributed by atoms with Crippen molar-refractivity contribution >= 4 is 17.6 Å². The summed E-state index contributed by atoms with van der Waals surface area (Å²) in [5.74, 6) is 1.74. The van der Waals surface area contributed by atoms with Crippen LogP contribution in [0.3, 0.4) is 0 Å². The molecule has 0 aliphatic heterocycles. The van der Waals surface area contributed by atoms with Gasteiger partial charge < -0.3 is 15.7 Å². The Morgan fingerprint density at radius 1 is 1.28 bits per heavy atom. The first-order valence-corrected chi connectivity index (χ1v) is 5.51. The minimum absolute atomic E-state index is 0.0533. The predicted molar refractivity (Wildman–Crippen MR) is 67.7 cm³/mol. The smallest absolute Gasteiger partial charge is 0.230 e. The molecule has 0 radical (unpaired) electrons. The number of hydrogen-bond donors (Lipinski definition) is 3. The predicted octanol–water partition coefficient (Wildman–Crippen LogP) is 0.723. The van der Waals surface area contributed by atoms with Crippen molar-refractivity contribution < 1.29 is 5.11 Å². The zero-order chi connectivity index (χ0) is 12.8. The standard InChI is InChI=1S/C11H14N6O/c1-8-6-10(13-4-5-18)17-11(15-8)16-9-2-3-12-7-14-9/h2-3,6-7,18H,4-5H2,1H3,(H2,12,13,14,15,16,17). The van der Waals surface area contributed by atoms with Crippen LogP contribution in [-0.4, -0.2) is 38.2 Å². The molecule has 94 valence electrons. The maximum absolute atomic E-state index is 8.76. The third-order valence-corrected chi connectivity index (χ3v) is 2.09. The molecule has 0 spiro atoms. The van der Waals surface area contributed by atoms with E-state index in [1.807, 2.05) is 6.92 Å². The van der Waals surface area contributed by atoms with Crippen molar-refractivity contribution in [2.75, 3.05) is 23.8 Å². The Morgan fingerprint density at radius 3 is 2.89 bits per heavy atom. The molecule has 0 aliphatic rings. The number of nitrogens with one attached hydrogen (secondary N) is 2. The molecule has 2 aromatic rings. The summed E-state index contributed by atoms with van der Waals surface area (Å²) in [6.07, 6.45) is 3.08. The lowest BCUT2D eigenvalue weighted by molar-refractivity contribution is 0.311. The molecule has 0 saturated carbocycles. The van der Waals surface area contributed by atoms with Gasteiger partial charge >= 0.3 is 0 Å². The van der Waals surface area contributed by atoms with E-state index in [0.29, 0.717) is 24.1 Å². The summed E-state index contributed by atoms with van der Waals surface area (Å²) in [6.45, 7) is 2.37. The molecule has 2 heterocycles. The van der Waals surface area contributed by atoms with E-state index < -0.39 is 0 Å². The number of aryl methyl sites for hydroxylation is 1. The van der Waals surface area contributed by atoms with Gasteiger partial charge in [-0.05, 0) is 13.0 Å². The quantitative estimate of drug-likeness (QED) is 0.715. The largest absolute Gasteiger partial charge is 0.395 e. The van der Waals surface area contributed by atoms with Crippen molar-refractivity contribution in [3.63, 3.8) is 0 Å². The van der Waals surface area contributed by atoms with E-state index in [1.54, 1.807) is 18.3 Å². The van der Waals surface area contributed by atoms with Crippen molar-refractivity contribution in [2.24, 2.45) is 0 Å². The maximum Gasteiger partial charge on any atom is 0.230 e. The van der Waals surface area contributed by atoms with Gasteiger partial charge in [0.15, 0.2) is 0 Å². The molecule has 0 amide bonds. The van der Waals surface area contributed by atoms with Gasteiger partial charge in [0.25, 0.3) is 0 Å². The van der Waals surface area contributed by atoms with Crippen LogP contribution in [0.1, 0.15) is 5.69 Å². The topological polar surface area (TPSA) is 95.8 Å². The normalized spacial score (nSPS) is 10.1. The highest BCUT2D eigenvalue weighted by Gasteiger charge is 2.02. The molecule has 0 aromatic carbocycles. The van der Waals surface area contributed by atoms with Crippen molar-refractivity contribution in [3.8, 4) is 0 Å². The molecular formula is C11H14N6O. The molecule has 7 nitrogen and oxygen atoms in total. The van der Waals surface area contributed by atoms with Gasteiger partial charge in [0.1, 0.15) is 18.0 Å². The van der Waals surface area contributed by atoms with Crippen molar-refractivity contribution in [1.29, 1.82) is 0 Å². The van der Waals surface area contributed by atoms with Crippen molar-refractivity contribution in [3.05, 3.63) is 30.4 Å². The molecular weight excluding hydrogens is 232 g/mol. The average Bonchev–Trinajstić information content (AvgIpc) is 2.37. The summed E-state index contributed by atoms with van der Waals surface area (Å²) in [4.78, 5) is 16.4. The number of nitrogens with zero attached hydrogens (tertiary/aromatic N) is 4. The SMILES string of the molecule is Cc1cc(NCCO)nc(Nc2ccncn2)n1. The van der Waals surface area contributed by atoms with E-state index in [9.17, 15) is 0 Å². The van der Waals surface area contributed by atoms with Crippen molar-refractivity contribution in [1.82, 2.24) is 19.9 Å². The van der Waals surface area contributed by atoms with Gasteiger partial charge in [-0.25, -0.2) is 15.0 Å². The summed E-state index contributed by atoms with van der Waals surface area (Å²) < 4.78 is 0. The van der Waals surface area contributed by atoms with Crippen LogP contribution >= 0.6 is 0 Å². The monoisotopic (exact) mass is 246 g/mol. The average molecular weight is 246 g/mol. The van der Waals surface area contributed by atoms with Crippen LogP contribution in [0.4, 0.5) is 17.6 Å². The minimum Gasteiger partial charge on any atom is -0.395 e. The lowest BCUT2D eigenvalue weighted by atomic mass is 10.4. The van der Waals surface area contributed by atoms with Gasteiger partial charge in [-0.15, -0.1) is 0 Å². The van der Waals surface area contributed by atoms with Gasteiger partial charge in [-0.1, -0.05) is 0 Å². The molecule has 2 aromatic heterocycles. The molecule has 0 bridgehead atoms. The highest BCUT2D eigenvalue weighted by molar-refractivity contribution is 5.50. The second-order valence-electron chi connectivity index (χ2n) is 3.59. The van der Waals surface area contributed by atoms with Gasteiger partial charge in [0.05, 0.1) is 6.61 Å². The number of aliphatic hydroxyl groups excluding tert-OH is 1. The summed E-state index contributed by atoms with van der Waals surface area (Å²) >= 11 is 0. The first-order valence-electron chi connectivity index (χ1n) is 5.51. The summed E-state index contributed by atoms with van der Waals surface area (Å²) in [7, 11) is 0. The number of rotatable bonds is 5. The fourth-order valence-electron chi connectivity index (χ4n) is 1.38. The lowest BCUT2D eigenvalue weighted by Gasteiger charge is -2.08. The van der Waals surface area contributed by atoms with Crippen LogP contribution < -0.4 is 10.6 Å². The first kappa shape index (κ1) is 12.2. The van der Waals surface area contributed by atoms with E-state index in [4.69, 9.17) is 5.11 Å². The van der Waals surface area contributed by atoms with Gasteiger partial charge in [0.2, 0.25) is 5.95 Å². The number of aromatic nitrogens is 4. The Labute approximate surface area is 104 Å². The summed E-state index contributed by atoms with van der Waals surface area (Å²) in [5, 5.41) is 14.7. The second kappa shape index (κ2) is 5.87. The lowest BCUT2D eigenvalue weighted by Crippen LogP contribution is -2.09. The van der Waals surface area contributed by atoms with Gasteiger partial charge in [0, 0.05) is 24.5 Å². The zero-order valence-electron chi connectivity index (χ0n) is 9.96. The second-order valence-corrected chi connectivity index (χ2v) is 3.59. The summed E-state index contributed by atoms with van der Waals surface area (Å²) in [5.41, 5.74) is 0.821. The highest BCUT2D eigenvalue weighted by atomic mass is 16.3. The number of hydrogen-bond acceptors (Lipinski definition) is 7. The fourth-order valence-corrected chi connectivity index (χ4v) is 1.38. The molecule has 18 heavy (non-hydrogen) atoms. The van der Waals surface area contributed by atoms with Crippen LogP contribution in [0, 0.1) is 6.92 Å². The van der Waals surface area contributed by atoms with E-state index in [0.717, 1.165) is 5.69 Å². The van der Waals surface area contributed by atoms with Crippen molar-refractivity contribution in [2.45, 2.75) is 6.92 Å². The Bertz CT molecular complexity index is 504. The van der Waals surface area contributed by atoms with Crippen LogP contribution in [0.5, 0.6) is 0 Å². The molecule has 0 saturated heterocycles. The Kier molecular flexibility index (Phi) is 3.98. The third-order valence-electron chi connectivity index (χ3n) is 2.09. The van der Waals surface area contributed by atoms with E-state index in [2.05, 4.69) is 30.6 Å². The molecule has 0 aliphatic carbocycles. The van der Waals surface area contributed by atoms with E-state index in [1.165, 1.54) is 6.33 Å². The maximum atomic E-state index is 8.76. The van der Waals surface area contributed by atoms with E-state index in [-0.39, 0.29) is 6.61 Å². The Morgan fingerprint density at radius 2 is 2.17 bits per heavy atom. The zero-order valence-corrected chi connectivity index (χ0v) is 9.96. The van der Waals surface area contributed by atoms with Crippen LogP contribution in [0.2, 0.25) is 0 Å². The molecule has 0 fully saturated rings. The van der Waals surface area contributed by atoms with E-state index >= 15 is 0 Å². The first-order chi connectivity index (χ1) is 8.78. The van der Waals surface area contributed by atoms with Gasteiger partial charge in [-0.3, -0.25) is 0 Å². The van der Waals surface area contributed by atoms with Crippen LogP contribution in [0.25, 0.3) is 0 Å². The third kappa shape index (κ3) is 3.36. The van der Waals surface area contributed by atoms with Gasteiger partial charge in [-0.2, -0.15) is 4.98 Å². The number of anilines is 3. The minimum atomic E-state index is 0.0533. The Hall–Kier alpha value is -2.28. The Balaban J connectivity index is 2.15. The number of aliphatic hydroxyl groups is 1. The van der Waals surface area contributed by atoms with Crippen LogP contribution in [0.15, 0.2) is 24.7 Å². The molecule has 3 N–H and O–H groups in total.